The number of carbonyl (C=O) groups excluding carboxylic acids is 1. The van der Waals surface area contributed by atoms with Crippen LogP contribution < -0.4 is 0 Å². The Balaban J connectivity index is 2.01. The van der Waals surface area contributed by atoms with Gasteiger partial charge in [0.05, 0.1) is 11.2 Å². The predicted molar refractivity (Wildman–Crippen MR) is 70.1 cm³/mol. The highest BCUT2D eigenvalue weighted by Crippen LogP contribution is 2.36. The molecule has 0 saturated carbocycles. The molecule has 0 spiro atoms. The van der Waals surface area contributed by atoms with Gasteiger partial charge in [-0.3, -0.25) is 9.48 Å². The van der Waals surface area contributed by atoms with Crippen LogP contribution in [0.5, 0.6) is 0 Å². The van der Waals surface area contributed by atoms with E-state index in [-0.39, 0.29) is 11.7 Å². The van der Waals surface area contributed by atoms with Gasteiger partial charge in [-0.2, -0.15) is 5.10 Å². The van der Waals surface area contributed by atoms with Crippen molar-refractivity contribution in [3.8, 4) is 0 Å². The molecule has 1 unspecified atom stereocenters. The lowest BCUT2D eigenvalue weighted by Crippen LogP contribution is -2.15. The van der Waals surface area contributed by atoms with Gasteiger partial charge in [0.25, 0.3) is 0 Å². The lowest BCUT2D eigenvalue weighted by atomic mass is 9.95. The van der Waals surface area contributed by atoms with Crippen LogP contribution in [-0.4, -0.2) is 15.6 Å². The first-order valence-electron chi connectivity index (χ1n) is 5.98. The van der Waals surface area contributed by atoms with Crippen molar-refractivity contribution >= 4 is 17.4 Å². The van der Waals surface area contributed by atoms with E-state index in [1.165, 1.54) is 11.8 Å². The Morgan fingerprint density at radius 1 is 1.44 bits per heavy atom. The number of carbonyl (C=O) groups is 1. The first kappa shape index (κ1) is 11.5. The summed E-state index contributed by atoms with van der Waals surface area (Å²) in [5.74, 6) is -0.000880. The van der Waals surface area contributed by atoms with Gasteiger partial charge in [-0.25, -0.2) is 0 Å². The minimum atomic E-state index is -0.0749. The maximum Gasteiger partial charge on any atom is 0.189 e. The number of fused-ring (bicyclic) bond motifs is 1. The average Bonchev–Trinajstić information content (AvgIpc) is 2.93. The minimum absolute atomic E-state index is 0.0740. The summed E-state index contributed by atoms with van der Waals surface area (Å²) < 4.78 is 1.56. The van der Waals surface area contributed by atoms with Crippen molar-refractivity contribution in [1.29, 1.82) is 0 Å². The summed E-state index contributed by atoms with van der Waals surface area (Å²) in [5, 5.41) is 4.47. The molecular formula is C14H13ClN2O. The fourth-order valence-electron chi connectivity index (χ4n) is 2.68. The van der Waals surface area contributed by atoms with Gasteiger partial charge in [0.1, 0.15) is 5.69 Å². The van der Waals surface area contributed by atoms with Crippen molar-refractivity contribution in [2.75, 3.05) is 0 Å². The van der Waals surface area contributed by atoms with E-state index in [1.807, 2.05) is 18.2 Å². The van der Waals surface area contributed by atoms with Gasteiger partial charge in [-0.15, -0.1) is 0 Å². The van der Waals surface area contributed by atoms with E-state index < -0.39 is 0 Å². The second-order valence-electron chi connectivity index (χ2n) is 4.62. The van der Waals surface area contributed by atoms with Crippen molar-refractivity contribution < 1.29 is 4.79 Å². The summed E-state index contributed by atoms with van der Waals surface area (Å²) in [6.45, 7) is 0. The fourth-order valence-corrected chi connectivity index (χ4v) is 2.94. The second-order valence-corrected chi connectivity index (χ2v) is 5.03. The normalized spacial score (nSPS) is 17.8. The molecule has 1 aliphatic carbocycles. The molecule has 0 fully saturated rings. The highest BCUT2D eigenvalue weighted by atomic mass is 35.5. The van der Waals surface area contributed by atoms with E-state index >= 15 is 0 Å². The maximum absolute atomic E-state index is 12.6. The van der Waals surface area contributed by atoms with Crippen LogP contribution in [0.15, 0.2) is 30.5 Å². The molecule has 0 aliphatic heterocycles. The zero-order chi connectivity index (χ0) is 12.7. The number of halogens is 1. The molecule has 1 aromatic carbocycles. The second kappa shape index (κ2) is 4.25. The van der Waals surface area contributed by atoms with Gasteiger partial charge in [-0.1, -0.05) is 35.9 Å². The standard InChI is InChI=1S/C14H13ClN2O/c1-17-13(12(15)8-16-17)14(18)11-7-6-9-4-2-3-5-10(9)11/h2-5,8,11H,6-7H2,1H3. The van der Waals surface area contributed by atoms with Gasteiger partial charge in [0, 0.05) is 13.0 Å². The first-order chi connectivity index (χ1) is 8.68. The zero-order valence-electron chi connectivity index (χ0n) is 10.1. The largest absolute Gasteiger partial charge is 0.292 e. The number of nitrogens with zero attached hydrogens (tertiary/aromatic N) is 2. The summed E-state index contributed by atoms with van der Waals surface area (Å²) in [4.78, 5) is 12.6. The van der Waals surface area contributed by atoms with Crippen LogP contribution >= 0.6 is 11.6 Å². The monoisotopic (exact) mass is 260 g/mol. The van der Waals surface area contributed by atoms with E-state index in [1.54, 1.807) is 11.7 Å². The molecule has 4 heteroatoms. The molecule has 3 nitrogen and oxygen atoms in total. The third-order valence-electron chi connectivity index (χ3n) is 3.58. The van der Waals surface area contributed by atoms with Crippen molar-refractivity contribution in [3.63, 3.8) is 0 Å². The fraction of sp³-hybridized carbons (Fsp3) is 0.286. The van der Waals surface area contributed by atoms with Gasteiger partial charge in [-0.05, 0) is 24.0 Å². The van der Waals surface area contributed by atoms with Crippen LogP contribution in [0, 0.1) is 0 Å². The van der Waals surface area contributed by atoms with Crippen LogP contribution in [0.4, 0.5) is 0 Å². The molecular weight excluding hydrogens is 248 g/mol. The molecule has 1 atom stereocenters. The molecule has 18 heavy (non-hydrogen) atoms. The molecule has 2 aromatic rings. The minimum Gasteiger partial charge on any atom is -0.292 e. The topological polar surface area (TPSA) is 34.9 Å². The van der Waals surface area contributed by atoms with E-state index in [4.69, 9.17) is 11.6 Å². The Morgan fingerprint density at radius 3 is 2.94 bits per heavy atom. The van der Waals surface area contributed by atoms with Gasteiger partial charge >= 0.3 is 0 Å². The Morgan fingerprint density at radius 2 is 2.22 bits per heavy atom. The van der Waals surface area contributed by atoms with E-state index in [9.17, 15) is 4.79 Å². The molecule has 3 rings (SSSR count). The highest BCUT2D eigenvalue weighted by Gasteiger charge is 2.31. The van der Waals surface area contributed by atoms with Crippen LogP contribution in [0.1, 0.15) is 34.0 Å². The number of Topliss-reactive ketones (excluding diaryl/α,β-unsaturated/α-hetero) is 1. The molecule has 1 heterocycles. The number of hydrogen-bond donors (Lipinski definition) is 0. The molecule has 1 aromatic heterocycles. The molecule has 0 radical (unpaired) electrons. The summed E-state index contributed by atoms with van der Waals surface area (Å²) in [6, 6.07) is 8.13. The third kappa shape index (κ3) is 1.66. The van der Waals surface area contributed by atoms with E-state index in [0.29, 0.717) is 10.7 Å². The lowest BCUT2D eigenvalue weighted by molar-refractivity contribution is 0.0950. The summed E-state index contributed by atoms with van der Waals surface area (Å²) >= 11 is 6.04. The highest BCUT2D eigenvalue weighted by molar-refractivity contribution is 6.33. The van der Waals surface area contributed by atoms with Crippen LogP contribution in [0.2, 0.25) is 5.02 Å². The van der Waals surface area contributed by atoms with Crippen molar-refractivity contribution in [1.82, 2.24) is 9.78 Å². The average molecular weight is 261 g/mol. The Labute approximate surface area is 110 Å². The van der Waals surface area contributed by atoms with Gasteiger partial charge in [0.2, 0.25) is 0 Å². The van der Waals surface area contributed by atoms with Crippen molar-refractivity contribution in [2.45, 2.75) is 18.8 Å². The Bertz CT molecular complexity index is 599. The lowest BCUT2D eigenvalue weighted by Gasteiger charge is -2.10. The SMILES string of the molecule is Cn1ncc(Cl)c1C(=O)C1CCc2ccccc21. The molecule has 92 valence electrons. The smallest absolute Gasteiger partial charge is 0.189 e. The van der Waals surface area contributed by atoms with Crippen molar-refractivity contribution in [3.05, 3.63) is 52.3 Å². The zero-order valence-corrected chi connectivity index (χ0v) is 10.8. The number of ketones is 1. The van der Waals surface area contributed by atoms with Crippen LogP contribution in [-0.2, 0) is 13.5 Å². The molecule has 1 aliphatic rings. The first-order valence-corrected chi connectivity index (χ1v) is 6.36. The number of benzene rings is 1. The maximum atomic E-state index is 12.6. The molecule has 0 N–H and O–H groups in total. The van der Waals surface area contributed by atoms with Crippen LogP contribution in [0.3, 0.4) is 0 Å². The number of aromatic nitrogens is 2. The van der Waals surface area contributed by atoms with E-state index in [2.05, 4.69) is 11.2 Å². The summed E-state index contributed by atoms with van der Waals surface area (Å²) in [5.41, 5.74) is 2.92. The third-order valence-corrected chi connectivity index (χ3v) is 3.85. The van der Waals surface area contributed by atoms with Crippen LogP contribution in [0.25, 0.3) is 0 Å². The van der Waals surface area contributed by atoms with Gasteiger partial charge in [0.15, 0.2) is 5.78 Å². The predicted octanol–water partition coefficient (Wildman–Crippen LogP) is 2.99. The number of aryl methyl sites for hydroxylation is 2. The molecule has 0 amide bonds. The van der Waals surface area contributed by atoms with Gasteiger partial charge < -0.3 is 0 Å². The number of hydrogen-bond acceptors (Lipinski definition) is 2. The molecule has 0 saturated heterocycles. The summed E-state index contributed by atoms with van der Waals surface area (Å²) in [6.07, 6.45) is 3.34. The quantitative estimate of drug-likeness (QED) is 0.778. The molecule has 0 bridgehead atoms. The summed E-state index contributed by atoms with van der Waals surface area (Å²) in [7, 11) is 1.75. The van der Waals surface area contributed by atoms with Crippen molar-refractivity contribution in [2.24, 2.45) is 7.05 Å². The Hall–Kier alpha value is -1.61. The van der Waals surface area contributed by atoms with E-state index in [0.717, 1.165) is 18.4 Å². The Kier molecular flexibility index (Phi) is 2.71. The number of rotatable bonds is 2.